The first-order valence-electron chi connectivity index (χ1n) is 3.62. The summed E-state index contributed by atoms with van der Waals surface area (Å²) < 4.78 is 4.42. The van der Waals surface area contributed by atoms with Crippen molar-refractivity contribution in [3.05, 3.63) is 26.9 Å². The van der Waals surface area contributed by atoms with Gasteiger partial charge in [-0.1, -0.05) is 11.6 Å². The third kappa shape index (κ3) is 2.34. The molecule has 14 heavy (non-hydrogen) atoms. The third-order valence-corrected chi connectivity index (χ3v) is 2.75. The van der Waals surface area contributed by atoms with E-state index >= 15 is 0 Å². The quantitative estimate of drug-likeness (QED) is 0.443. The van der Waals surface area contributed by atoms with Crippen LogP contribution in [0.1, 0.15) is 4.88 Å². The topological polar surface area (TPSA) is 50.1 Å². The van der Waals surface area contributed by atoms with Crippen LogP contribution in [-0.2, 0) is 9.53 Å². The summed E-state index contributed by atoms with van der Waals surface area (Å²) in [4.78, 5) is 11.7. The van der Waals surface area contributed by atoms with Crippen LogP contribution in [0.2, 0.25) is 5.02 Å². The predicted octanol–water partition coefficient (Wildman–Crippen LogP) is 2.48. The van der Waals surface area contributed by atoms with Crippen molar-refractivity contribution in [3.8, 4) is 6.07 Å². The van der Waals surface area contributed by atoms with E-state index in [1.165, 1.54) is 24.5 Å². The second-order valence-electron chi connectivity index (χ2n) is 2.29. The molecule has 5 heteroatoms. The molecule has 0 aliphatic carbocycles. The SMILES string of the molecule is COC(=O)/C(C#N)=C/c1sccc1Cl. The van der Waals surface area contributed by atoms with Crippen LogP contribution < -0.4 is 0 Å². The molecule has 1 aromatic heterocycles. The van der Waals surface area contributed by atoms with Gasteiger partial charge in [0.1, 0.15) is 11.6 Å². The number of rotatable bonds is 2. The maximum absolute atomic E-state index is 11.0. The van der Waals surface area contributed by atoms with Crippen LogP contribution in [0.25, 0.3) is 6.08 Å². The fourth-order valence-electron chi connectivity index (χ4n) is 0.786. The van der Waals surface area contributed by atoms with Crippen LogP contribution in [0, 0.1) is 11.3 Å². The number of thiophene rings is 1. The lowest BCUT2D eigenvalue weighted by molar-refractivity contribution is -0.135. The van der Waals surface area contributed by atoms with Gasteiger partial charge in [0, 0.05) is 4.88 Å². The number of carbonyl (C=O) groups is 1. The number of hydrogen-bond donors (Lipinski definition) is 0. The standard InChI is InChI=1S/C9H6ClNO2S/c1-13-9(12)6(5-11)4-8-7(10)2-3-14-8/h2-4H,1H3/b6-4+. The Morgan fingerprint density at radius 1 is 1.79 bits per heavy atom. The molecule has 0 aromatic carbocycles. The van der Waals surface area contributed by atoms with Crippen LogP contribution in [0.5, 0.6) is 0 Å². The summed E-state index contributed by atoms with van der Waals surface area (Å²) >= 11 is 7.15. The number of methoxy groups -OCH3 is 1. The molecule has 0 amide bonds. The Kier molecular flexibility index (Phi) is 3.69. The lowest BCUT2D eigenvalue weighted by atomic mass is 10.2. The van der Waals surface area contributed by atoms with Gasteiger partial charge in [0.2, 0.25) is 0 Å². The summed E-state index contributed by atoms with van der Waals surface area (Å²) in [5, 5.41) is 11.0. The molecule has 3 nitrogen and oxygen atoms in total. The van der Waals surface area contributed by atoms with Crippen molar-refractivity contribution in [2.24, 2.45) is 0 Å². The lowest BCUT2D eigenvalue weighted by Crippen LogP contribution is -2.02. The van der Waals surface area contributed by atoms with Gasteiger partial charge in [-0.05, 0) is 17.5 Å². The first-order chi connectivity index (χ1) is 6.69. The molecule has 1 heterocycles. The summed E-state index contributed by atoms with van der Waals surface area (Å²) in [6.45, 7) is 0. The predicted molar refractivity (Wildman–Crippen MR) is 54.9 cm³/mol. The molecule has 72 valence electrons. The maximum Gasteiger partial charge on any atom is 0.348 e. The van der Waals surface area contributed by atoms with Crippen LogP contribution in [0.4, 0.5) is 0 Å². The summed E-state index contributed by atoms with van der Waals surface area (Å²) in [6.07, 6.45) is 1.42. The Labute approximate surface area is 90.2 Å². The van der Waals surface area contributed by atoms with Crippen molar-refractivity contribution in [1.82, 2.24) is 0 Å². The molecule has 0 radical (unpaired) electrons. The Balaban J connectivity index is 3.03. The highest BCUT2D eigenvalue weighted by atomic mass is 35.5. The number of nitrogens with zero attached hydrogens (tertiary/aromatic N) is 1. The fraction of sp³-hybridized carbons (Fsp3) is 0.111. The second-order valence-corrected chi connectivity index (χ2v) is 3.65. The van der Waals surface area contributed by atoms with Crippen LogP contribution in [-0.4, -0.2) is 13.1 Å². The summed E-state index contributed by atoms with van der Waals surface area (Å²) in [5.74, 6) is -0.656. The van der Waals surface area contributed by atoms with Crippen LogP contribution >= 0.6 is 22.9 Å². The Morgan fingerprint density at radius 2 is 2.50 bits per heavy atom. The monoisotopic (exact) mass is 227 g/mol. The first kappa shape index (κ1) is 10.8. The summed E-state index contributed by atoms with van der Waals surface area (Å²) in [7, 11) is 1.23. The van der Waals surface area contributed by atoms with Gasteiger partial charge >= 0.3 is 5.97 Å². The molecular weight excluding hydrogens is 222 g/mol. The minimum atomic E-state index is -0.656. The normalized spacial score (nSPS) is 10.8. The van der Waals surface area contributed by atoms with E-state index < -0.39 is 5.97 Å². The largest absolute Gasteiger partial charge is 0.465 e. The van der Waals surface area contributed by atoms with Gasteiger partial charge in [-0.15, -0.1) is 11.3 Å². The highest BCUT2D eigenvalue weighted by Crippen LogP contribution is 2.24. The second kappa shape index (κ2) is 4.80. The van der Waals surface area contributed by atoms with E-state index in [9.17, 15) is 4.79 Å². The number of hydrogen-bond acceptors (Lipinski definition) is 4. The molecule has 0 spiro atoms. The van der Waals surface area contributed by atoms with Crippen molar-refractivity contribution < 1.29 is 9.53 Å². The zero-order chi connectivity index (χ0) is 10.6. The van der Waals surface area contributed by atoms with Crippen molar-refractivity contribution >= 4 is 35.0 Å². The van der Waals surface area contributed by atoms with E-state index in [1.54, 1.807) is 17.5 Å². The molecule has 0 bridgehead atoms. The molecule has 0 saturated heterocycles. The molecule has 1 rings (SSSR count). The van der Waals surface area contributed by atoms with Crippen molar-refractivity contribution in [2.75, 3.05) is 7.11 Å². The zero-order valence-corrected chi connectivity index (χ0v) is 8.85. The Hall–Kier alpha value is -1.31. The van der Waals surface area contributed by atoms with Gasteiger partial charge in [-0.2, -0.15) is 5.26 Å². The number of carbonyl (C=O) groups excluding carboxylic acids is 1. The number of nitriles is 1. The van der Waals surface area contributed by atoms with Gasteiger partial charge in [-0.25, -0.2) is 4.79 Å². The third-order valence-electron chi connectivity index (χ3n) is 1.45. The molecule has 0 aliphatic heterocycles. The number of ether oxygens (including phenoxy) is 1. The fourth-order valence-corrected chi connectivity index (χ4v) is 1.83. The van der Waals surface area contributed by atoms with Gasteiger partial charge in [0.15, 0.2) is 0 Å². The van der Waals surface area contributed by atoms with E-state index in [1.807, 2.05) is 0 Å². The van der Waals surface area contributed by atoms with E-state index in [0.29, 0.717) is 9.90 Å². The molecule has 0 unspecified atom stereocenters. The number of halogens is 1. The Morgan fingerprint density at radius 3 is 2.93 bits per heavy atom. The highest BCUT2D eigenvalue weighted by Gasteiger charge is 2.09. The summed E-state index contributed by atoms with van der Waals surface area (Å²) in [6, 6.07) is 3.45. The maximum atomic E-state index is 11.0. The van der Waals surface area contributed by atoms with Crippen molar-refractivity contribution in [3.63, 3.8) is 0 Å². The Bertz CT molecular complexity index is 417. The van der Waals surface area contributed by atoms with E-state index in [2.05, 4.69) is 4.74 Å². The zero-order valence-electron chi connectivity index (χ0n) is 7.28. The smallest absolute Gasteiger partial charge is 0.348 e. The van der Waals surface area contributed by atoms with Crippen molar-refractivity contribution in [1.29, 1.82) is 5.26 Å². The van der Waals surface area contributed by atoms with E-state index in [-0.39, 0.29) is 5.57 Å². The van der Waals surface area contributed by atoms with Gasteiger partial charge in [0.05, 0.1) is 12.1 Å². The molecule has 0 aliphatic rings. The van der Waals surface area contributed by atoms with E-state index in [0.717, 1.165) is 0 Å². The van der Waals surface area contributed by atoms with Crippen LogP contribution in [0.3, 0.4) is 0 Å². The average Bonchev–Trinajstić information content (AvgIpc) is 2.59. The van der Waals surface area contributed by atoms with Gasteiger partial charge in [-0.3, -0.25) is 0 Å². The number of esters is 1. The molecule has 1 aromatic rings. The molecule has 0 N–H and O–H groups in total. The highest BCUT2D eigenvalue weighted by molar-refractivity contribution is 7.11. The first-order valence-corrected chi connectivity index (χ1v) is 4.88. The molecule has 0 atom stereocenters. The minimum absolute atomic E-state index is 0.0585. The van der Waals surface area contributed by atoms with Gasteiger partial charge in [0.25, 0.3) is 0 Å². The minimum Gasteiger partial charge on any atom is -0.465 e. The average molecular weight is 228 g/mol. The molecular formula is C9H6ClNO2S. The molecule has 0 fully saturated rings. The lowest BCUT2D eigenvalue weighted by Gasteiger charge is -1.94. The van der Waals surface area contributed by atoms with Gasteiger partial charge < -0.3 is 4.74 Å². The van der Waals surface area contributed by atoms with E-state index in [4.69, 9.17) is 16.9 Å². The van der Waals surface area contributed by atoms with Crippen LogP contribution in [0.15, 0.2) is 17.0 Å². The summed E-state index contributed by atoms with van der Waals surface area (Å²) in [5.41, 5.74) is -0.0585. The van der Waals surface area contributed by atoms with Crippen molar-refractivity contribution in [2.45, 2.75) is 0 Å². The molecule has 0 saturated carbocycles.